The fraction of sp³-hybridized carbons (Fsp3) is 0.158. The van der Waals surface area contributed by atoms with Crippen molar-refractivity contribution in [2.24, 2.45) is 5.10 Å². The largest absolute Gasteiger partial charge is 0.510 e. The zero-order valence-corrected chi connectivity index (χ0v) is 14.3. The standard InChI is InChI=1S/C19H18F2N4O/c1-12(26)18(13-6-4-3-5-7-13)25-22-11-17-23-15-9-8-14(19(2,20)21)10-16(15)24-17/h3-11,25-26H,1-2H3,(H,23,24)/b18-12+,22-11+. The maximum Gasteiger partial charge on any atom is 0.270 e. The van der Waals surface area contributed by atoms with Gasteiger partial charge in [-0.15, -0.1) is 0 Å². The Labute approximate surface area is 149 Å². The molecule has 2 aromatic carbocycles. The average Bonchev–Trinajstić information content (AvgIpc) is 3.00. The smallest absolute Gasteiger partial charge is 0.270 e. The first-order valence-corrected chi connectivity index (χ1v) is 7.97. The molecule has 0 spiro atoms. The number of aliphatic hydroxyl groups excluding tert-OH is 1. The Morgan fingerprint density at radius 2 is 1.96 bits per heavy atom. The molecule has 0 saturated heterocycles. The summed E-state index contributed by atoms with van der Waals surface area (Å²) < 4.78 is 26.8. The predicted octanol–water partition coefficient (Wildman–Crippen LogP) is 4.54. The maximum absolute atomic E-state index is 13.4. The number of hydrogen-bond acceptors (Lipinski definition) is 4. The van der Waals surface area contributed by atoms with Gasteiger partial charge in [0.15, 0.2) is 5.82 Å². The van der Waals surface area contributed by atoms with E-state index in [0.29, 0.717) is 22.6 Å². The van der Waals surface area contributed by atoms with Crippen molar-refractivity contribution in [3.05, 3.63) is 71.2 Å². The highest BCUT2D eigenvalue weighted by molar-refractivity contribution is 5.84. The van der Waals surface area contributed by atoms with Gasteiger partial charge in [-0.2, -0.15) is 5.10 Å². The van der Waals surface area contributed by atoms with E-state index in [2.05, 4.69) is 20.5 Å². The second kappa shape index (κ2) is 6.95. The Morgan fingerprint density at radius 3 is 2.62 bits per heavy atom. The van der Waals surface area contributed by atoms with Crippen molar-refractivity contribution in [3.63, 3.8) is 0 Å². The van der Waals surface area contributed by atoms with E-state index in [1.807, 2.05) is 30.3 Å². The minimum atomic E-state index is -2.91. The molecular formula is C19H18F2N4O. The molecule has 0 aliphatic rings. The van der Waals surface area contributed by atoms with E-state index in [4.69, 9.17) is 0 Å². The van der Waals surface area contributed by atoms with Gasteiger partial charge in [-0.3, -0.25) is 5.43 Å². The van der Waals surface area contributed by atoms with Crippen LogP contribution in [0.1, 0.15) is 30.8 Å². The number of alkyl halides is 2. The summed E-state index contributed by atoms with van der Waals surface area (Å²) in [6.07, 6.45) is 1.43. The van der Waals surface area contributed by atoms with Crippen LogP contribution in [0.15, 0.2) is 59.4 Å². The fourth-order valence-electron chi connectivity index (χ4n) is 2.48. The van der Waals surface area contributed by atoms with E-state index in [-0.39, 0.29) is 11.3 Å². The summed E-state index contributed by atoms with van der Waals surface area (Å²) >= 11 is 0. The number of imidazole rings is 1. The zero-order valence-electron chi connectivity index (χ0n) is 14.3. The van der Waals surface area contributed by atoms with E-state index in [1.165, 1.54) is 24.4 Å². The lowest BCUT2D eigenvalue weighted by Crippen LogP contribution is -2.07. The van der Waals surface area contributed by atoms with Gasteiger partial charge in [-0.25, -0.2) is 13.8 Å². The van der Waals surface area contributed by atoms with Crippen molar-refractivity contribution in [2.45, 2.75) is 19.8 Å². The van der Waals surface area contributed by atoms with Crippen molar-refractivity contribution in [3.8, 4) is 0 Å². The van der Waals surface area contributed by atoms with Crippen molar-refractivity contribution >= 4 is 22.9 Å². The molecule has 1 aromatic heterocycles. The second-order valence-electron chi connectivity index (χ2n) is 5.94. The fourth-order valence-corrected chi connectivity index (χ4v) is 2.48. The SMILES string of the molecule is C/C(O)=C(\N/N=C/c1nc2ccc(C(C)(F)F)cc2[nH]1)c1ccccc1. The lowest BCUT2D eigenvalue weighted by Gasteiger charge is -2.09. The van der Waals surface area contributed by atoms with Crippen LogP contribution in [-0.2, 0) is 5.92 Å². The Balaban J connectivity index is 1.81. The third-order valence-electron chi connectivity index (χ3n) is 3.79. The summed E-state index contributed by atoms with van der Waals surface area (Å²) in [5.41, 5.74) is 5.01. The number of aromatic amines is 1. The van der Waals surface area contributed by atoms with E-state index in [0.717, 1.165) is 12.5 Å². The normalized spacial score (nSPS) is 13.2. The van der Waals surface area contributed by atoms with Crippen molar-refractivity contribution < 1.29 is 13.9 Å². The number of aliphatic hydroxyl groups is 1. The van der Waals surface area contributed by atoms with Gasteiger partial charge in [0.05, 0.1) is 17.2 Å². The lowest BCUT2D eigenvalue weighted by atomic mass is 10.1. The number of hydrazone groups is 1. The molecule has 3 aromatic rings. The van der Waals surface area contributed by atoms with E-state index >= 15 is 0 Å². The lowest BCUT2D eigenvalue weighted by molar-refractivity contribution is 0.0176. The molecule has 3 rings (SSSR count). The molecule has 0 radical (unpaired) electrons. The zero-order chi connectivity index (χ0) is 18.7. The summed E-state index contributed by atoms with van der Waals surface area (Å²) in [7, 11) is 0. The summed E-state index contributed by atoms with van der Waals surface area (Å²) in [5.74, 6) is -2.41. The number of fused-ring (bicyclic) bond motifs is 1. The molecule has 0 saturated carbocycles. The van der Waals surface area contributed by atoms with E-state index < -0.39 is 5.92 Å². The van der Waals surface area contributed by atoms with Gasteiger partial charge in [0.25, 0.3) is 5.92 Å². The van der Waals surface area contributed by atoms with Crippen molar-refractivity contribution in [2.75, 3.05) is 0 Å². The van der Waals surface area contributed by atoms with Crippen LogP contribution in [0.4, 0.5) is 8.78 Å². The molecule has 134 valence electrons. The Bertz CT molecular complexity index is 968. The molecule has 0 atom stereocenters. The maximum atomic E-state index is 13.4. The first kappa shape index (κ1) is 17.6. The van der Waals surface area contributed by atoms with Gasteiger partial charge in [0, 0.05) is 18.1 Å². The highest BCUT2D eigenvalue weighted by atomic mass is 19.3. The minimum Gasteiger partial charge on any atom is -0.510 e. The quantitative estimate of drug-likeness (QED) is 0.357. The summed E-state index contributed by atoms with van der Waals surface area (Å²) in [5, 5.41) is 13.9. The molecule has 7 heteroatoms. The predicted molar refractivity (Wildman–Crippen MR) is 98.1 cm³/mol. The number of aromatic nitrogens is 2. The summed E-state index contributed by atoms with van der Waals surface area (Å²) in [6, 6.07) is 13.5. The van der Waals surface area contributed by atoms with E-state index in [9.17, 15) is 13.9 Å². The molecule has 0 aliphatic carbocycles. The number of nitrogens with zero attached hydrogens (tertiary/aromatic N) is 2. The highest BCUT2D eigenvalue weighted by Crippen LogP contribution is 2.28. The van der Waals surface area contributed by atoms with Crippen LogP contribution >= 0.6 is 0 Å². The number of rotatable bonds is 5. The van der Waals surface area contributed by atoms with Crippen LogP contribution in [0.2, 0.25) is 0 Å². The molecule has 0 unspecified atom stereocenters. The minimum absolute atomic E-state index is 0.0829. The first-order chi connectivity index (χ1) is 12.3. The van der Waals surface area contributed by atoms with Crippen LogP contribution in [0, 0.1) is 0 Å². The van der Waals surface area contributed by atoms with Crippen LogP contribution in [0.3, 0.4) is 0 Å². The molecule has 0 bridgehead atoms. The number of H-pyrrole nitrogens is 1. The Morgan fingerprint density at radius 1 is 1.23 bits per heavy atom. The third-order valence-corrected chi connectivity index (χ3v) is 3.79. The van der Waals surface area contributed by atoms with Gasteiger partial charge in [0.2, 0.25) is 0 Å². The third kappa shape index (κ3) is 3.88. The molecule has 5 nitrogen and oxygen atoms in total. The molecular weight excluding hydrogens is 338 g/mol. The molecule has 0 aliphatic heterocycles. The van der Waals surface area contributed by atoms with Crippen LogP contribution in [-0.4, -0.2) is 21.3 Å². The molecule has 26 heavy (non-hydrogen) atoms. The molecule has 1 heterocycles. The molecule has 0 fully saturated rings. The second-order valence-corrected chi connectivity index (χ2v) is 5.94. The van der Waals surface area contributed by atoms with Gasteiger partial charge < -0.3 is 10.1 Å². The first-order valence-electron chi connectivity index (χ1n) is 7.97. The summed E-state index contributed by atoms with van der Waals surface area (Å²) in [4.78, 5) is 7.22. The monoisotopic (exact) mass is 356 g/mol. The van der Waals surface area contributed by atoms with Crippen LogP contribution in [0.25, 0.3) is 16.7 Å². The number of hydrogen-bond donors (Lipinski definition) is 3. The van der Waals surface area contributed by atoms with E-state index in [1.54, 1.807) is 6.92 Å². The Kier molecular flexibility index (Phi) is 4.71. The number of nitrogens with one attached hydrogen (secondary N) is 2. The number of allylic oxidation sites excluding steroid dienone is 1. The summed E-state index contributed by atoms with van der Waals surface area (Å²) in [6.45, 7) is 2.41. The van der Waals surface area contributed by atoms with Gasteiger partial charge in [-0.1, -0.05) is 36.4 Å². The van der Waals surface area contributed by atoms with Crippen molar-refractivity contribution in [1.82, 2.24) is 15.4 Å². The molecule has 0 amide bonds. The highest BCUT2D eigenvalue weighted by Gasteiger charge is 2.24. The average molecular weight is 356 g/mol. The number of benzene rings is 2. The molecule has 3 N–H and O–H groups in total. The Hall–Kier alpha value is -3.22. The van der Waals surface area contributed by atoms with Crippen molar-refractivity contribution in [1.29, 1.82) is 0 Å². The van der Waals surface area contributed by atoms with Gasteiger partial charge in [-0.05, 0) is 19.1 Å². The number of halogens is 2. The van der Waals surface area contributed by atoms with Gasteiger partial charge in [0.1, 0.15) is 11.5 Å². The van der Waals surface area contributed by atoms with Gasteiger partial charge >= 0.3 is 0 Å². The van der Waals surface area contributed by atoms with Crippen LogP contribution < -0.4 is 5.43 Å². The van der Waals surface area contributed by atoms with Crippen LogP contribution in [0.5, 0.6) is 0 Å². The topological polar surface area (TPSA) is 73.3 Å².